The number of aryl methyl sites for hydroxylation is 2. The Kier molecular flexibility index (Phi) is 5.75. The maximum Gasteiger partial charge on any atom is 0.737 e. The fraction of sp³-hybridized carbons (Fsp3) is 0.391. The lowest BCUT2D eigenvalue weighted by atomic mass is 9.88. The molecular formula is C23H29BF2N3O2S+. The van der Waals surface area contributed by atoms with E-state index in [1.807, 2.05) is 36.6 Å². The van der Waals surface area contributed by atoms with Gasteiger partial charge in [0.25, 0.3) is 0 Å². The van der Waals surface area contributed by atoms with Crippen molar-refractivity contribution in [2.45, 2.75) is 32.6 Å². The first-order valence-electron chi connectivity index (χ1n) is 10.9. The van der Waals surface area contributed by atoms with E-state index in [2.05, 4.69) is 21.1 Å². The van der Waals surface area contributed by atoms with Crippen LogP contribution in [0.25, 0.3) is 6.08 Å². The molecule has 0 aromatic carbocycles. The molecule has 0 fully saturated rings. The number of aromatic nitrogens is 1. The van der Waals surface area contributed by atoms with Crippen LogP contribution in [0, 0.1) is 6.92 Å². The fourth-order valence-corrected chi connectivity index (χ4v) is 5.35. The third-order valence-electron chi connectivity index (χ3n) is 6.05. The van der Waals surface area contributed by atoms with Crippen molar-refractivity contribution >= 4 is 36.1 Å². The molecule has 2 aromatic rings. The highest BCUT2D eigenvalue weighted by molar-refractivity contribution is 7.12. The quantitative estimate of drug-likeness (QED) is 0.470. The smallest absolute Gasteiger partial charge is 0.481 e. The highest BCUT2D eigenvalue weighted by atomic mass is 32.1. The van der Waals surface area contributed by atoms with E-state index in [0.717, 1.165) is 44.4 Å². The van der Waals surface area contributed by atoms with Gasteiger partial charge in [0.1, 0.15) is 0 Å². The van der Waals surface area contributed by atoms with Crippen LogP contribution in [0.3, 0.4) is 0 Å². The Morgan fingerprint density at radius 1 is 1.25 bits per heavy atom. The summed E-state index contributed by atoms with van der Waals surface area (Å²) in [6.45, 7) is -1.39. The van der Waals surface area contributed by atoms with Crippen LogP contribution in [0.2, 0.25) is 0 Å². The van der Waals surface area contributed by atoms with Crippen LogP contribution in [0.5, 0.6) is 0 Å². The molecule has 32 heavy (non-hydrogen) atoms. The highest BCUT2D eigenvalue weighted by Crippen LogP contribution is 2.39. The number of rotatable bonds is 8. The molecule has 0 amide bonds. The van der Waals surface area contributed by atoms with Crippen molar-refractivity contribution in [3.8, 4) is 0 Å². The number of quaternary nitrogens is 1. The number of fused-ring (bicyclic) bond motifs is 2. The van der Waals surface area contributed by atoms with Gasteiger partial charge >= 0.3 is 12.9 Å². The lowest BCUT2D eigenvalue weighted by Gasteiger charge is -2.31. The number of allylic oxidation sites excluding steroid dienone is 2. The zero-order chi connectivity index (χ0) is 23.3. The van der Waals surface area contributed by atoms with Gasteiger partial charge in [-0.1, -0.05) is 6.07 Å². The van der Waals surface area contributed by atoms with Crippen LogP contribution in [0.4, 0.5) is 8.63 Å². The van der Waals surface area contributed by atoms with Crippen LogP contribution in [0.15, 0.2) is 40.9 Å². The first-order chi connectivity index (χ1) is 15.0. The van der Waals surface area contributed by atoms with Crippen molar-refractivity contribution in [3.05, 3.63) is 62.8 Å². The number of carboxylic acid groups (broad SMARTS) is 1. The second-order valence-corrected chi connectivity index (χ2v) is 10.6. The SMILES string of the molecule is Cc1cc(CCC(=O)O)n2c1C=C1C(CCC[N+](C)(C)C)=CC(c3cccs3)=[N+]1[B-]2(F)F. The van der Waals surface area contributed by atoms with Gasteiger partial charge in [0.05, 0.1) is 39.0 Å². The highest BCUT2D eigenvalue weighted by Gasteiger charge is 2.54. The van der Waals surface area contributed by atoms with Gasteiger partial charge in [-0.15, -0.1) is 11.3 Å². The molecule has 0 aliphatic carbocycles. The van der Waals surface area contributed by atoms with E-state index in [0.29, 0.717) is 22.8 Å². The van der Waals surface area contributed by atoms with Crippen LogP contribution < -0.4 is 0 Å². The molecule has 5 nitrogen and oxygen atoms in total. The molecule has 4 heterocycles. The van der Waals surface area contributed by atoms with E-state index in [9.17, 15) is 4.79 Å². The Bertz CT molecular complexity index is 1150. The summed E-state index contributed by atoms with van der Waals surface area (Å²) in [5, 5.41) is 11.0. The molecule has 2 aliphatic heterocycles. The zero-order valence-corrected chi connectivity index (χ0v) is 19.8. The summed E-state index contributed by atoms with van der Waals surface area (Å²) in [6, 6.07) is 5.45. The van der Waals surface area contributed by atoms with E-state index in [1.165, 1.54) is 15.8 Å². The molecule has 0 atom stereocenters. The van der Waals surface area contributed by atoms with Gasteiger partial charge in [0, 0.05) is 29.8 Å². The number of carboxylic acids is 1. The summed E-state index contributed by atoms with van der Waals surface area (Å²) in [5.74, 6) is -0.991. The Morgan fingerprint density at radius 3 is 2.62 bits per heavy atom. The molecule has 0 radical (unpaired) electrons. The first kappa shape index (κ1) is 22.7. The summed E-state index contributed by atoms with van der Waals surface area (Å²) in [7, 11) is 6.39. The van der Waals surface area contributed by atoms with Crippen molar-refractivity contribution in [3.63, 3.8) is 0 Å². The number of aliphatic carboxylic acids is 1. The summed E-state index contributed by atoms with van der Waals surface area (Å²) in [5.41, 5.74) is 3.61. The molecule has 0 saturated heterocycles. The minimum Gasteiger partial charge on any atom is -0.481 e. The Labute approximate surface area is 191 Å². The van der Waals surface area contributed by atoms with E-state index < -0.39 is 12.9 Å². The Hall–Kier alpha value is -2.52. The Morgan fingerprint density at radius 2 is 2.00 bits per heavy atom. The van der Waals surface area contributed by atoms with Crippen LogP contribution in [-0.2, 0) is 11.2 Å². The van der Waals surface area contributed by atoms with Crippen molar-refractivity contribution in [1.29, 1.82) is 0 Å². The summed E-state index contributed by atoms with van der Waals surface area (Å²) < 4.78 is 35.5. The van der Waals surface area contributed by atoms with Crippen molar-refractivity contribution < 1.29 is 27.5 Å². The average molecular weight is 460 g/mol. The molecule has 2 aromatic heterocycles. The number of halogens is 2. The van der Waals surface area contributed by atoms with Crippen LogP contribution in [0.1, 0.15) is 41.1 Å². The maximum atomic E-state index is 16.2. The first-order valence-corrected chi connectivity index (χ1v) is 11.8. The van der Waals surface area contributed by atoms with Gasteiger partial charge < -0.3 is 27.2 Å². The number of carbonyl (C=O) groups is 1. The largest absolute Gasteiger partial charge is 0.737 e. The Balaban J connectivity index is 1.81. The molecule has 1 N–H and O–H groups in total. The van der Waals surface area contributed by atoms with E-state index in [1.54, 1.807) is 6.07 Å². The number of thiophene rings is 1. The van der Waals surface area contributed by atoms with E-state index in [4.69, 9.17) is 5.11 Å². The van der Waals surface area contributed by atoms with Crippen LogP contribution in [-0.4, -0.2) is 64.9 Å². The summed E-state index contributed by atoms with van der Waals surface area (Å²) in [6.07, 6.45) is 5.30. The lowest BCUT2D eigenvalue weighted by Crippen LogP contribution is -2.51. The van der Waals surface area contributed by atoms with Gasteiger partial charge in [0.15, 0.2) is 11.4 Å². The number of nitrogens with zero attached hydrogens (tertiary/aromatic N) is 3. The molecule has 0 bridgehead atoms. The number of hydrogen-bond acceptors (Lipinski definition) is 2. The topological polar surface area (TPSA) is 45.2 Å². The molecule has 170 valence electrons. The molecule has 9 heteroatoms. The second kappa shape index (κ2) is 8.12. The summed E-state index contributed by atoms with van der Waals surface area (Å²) >= 11 is 1.45. The summed E-state index contributed by atoms with van der Waals surface area (Å²) in [4.78, 5) is 11.9. The van der Waals surface area contributed by atoms with Gasteiger partial charge in [-0.25, -0.2) is 0 Å². The lowest BCUT2D eigenvalue weighted by molar-refractivity contribution is -0.870. The molecular weight excluding hydrogens is 431 g/mol. The van der Waals surface area contributed by atoms with Gasteiger partial charge in [-0.3, -0.25) is 4.79 Å². The minimum absolute atomic E-state index is 0.0721. The predicted octanol–water partition coefficient (Wildman–Crippen LogP) is 4.38. The predicted molar refractivity (Wildman–Crippen MR) is 125 cm³/mol. The fourth-order valence-electron chi connectivity index (χ4n) is 4.61. The standard InChI is InChI=1S/C23H28BF2N3O2S/c1-16-13-18(9-10-23(30)31)27-19(16)15-20-17(7-5-11-29(2,3)4)14-21(22-8-6-12-32-22)28(20)24(27,25)26/h6,8,12-15H,5,7,9-11H2,1-4H3/p+1. The third-order valence-corrected chi connectivity index (χ3v) is 6.95. The van der Waals surface area contributed by atoms with Crippen molar-refractivity contribution in [1.82, 2.24) is 4.48 Å². The van der Waals surface area contributed by atoms with Gasteiger partial charge in [-0.2, -0.15) is 0 Å². The average Bonchev–Trinajstić information content (AvgIpc) is 3.38. The van der Waals surface area contributed by atoms with E-state index in [-0.39, 0.29) is 12.8 Å². The van der Waals surface area contributed by atoms with Crippen molar-refractivity contribution in [2.24, 2.45) is 0 Å². The molecule has 0 saturated carbocycles. The minimum atomic E-state index is -4.16. The van der Waals surface area contributed by atoms with Gasteiger partial charge in [-0.05, 0) is 48.5 Å². The maximum absolute atomic E-state index is 16.2. The molecule has 4 rings (SSSR count). The molecule has 2 aliphatic rings. The zero-order valence-electron chi connectivity index (χ0n) is 18.9. The van der Waals surface area contributed by atoms with Crippen molar-refractivity contribution in [2.75, 3.05) is 27.7 Å². The monoisotopic (exact) mass is 460 g/mol. The molecule has 0 unspecified atom stereocenters. The van der Waals surface area contributed by atoms with Gasteiger partial charge in [0.2, 0.25) is 0 Å². The van der Waals surface area contributed by atoms with Crippen LogP contribution >= 0.6 is 11.3 Å². The second-order valence-electron chi connectivity index (χ2n) is 9.61. The molecule has 0 spiro atoms. The number of hydrogen-bond donors (Lipinski definition) is 1. The third kappa shape index (κ3) is 4.11. The normalized spacial score (nSPS) is 17.2. The van der Waals surface area contributed by atoms with E-state index >= 15 is 8.63 Å².